The number of thioether (sulfide) groups is 1. The normalized spacial score (nSPS) is 16.7. The second-order valence-corrected chi connectivity index (χ2v) is 6.92. The Kier molecular flexibility index (Phi) is 4.20. The van der Waals surface area contributed by atoms with Crippen molar-refractivity contribution >= 4 is 23.5 Å². The molecule has 4 rings (SSSR count). The number of hydrogen-bond acceptors (Lipinski definition) is 4. The molecule has 1 aliphatic rings. The van der Waals surface area contributed by atoms with Crippen LogP contribution < -0.4 is 5.32 Å². The summed E-state index contributed by atoms with van der Waals surface area (Å²) in [5, 5.41) is 6.75. The lowest BCUT2D eigenvalue weighted by atomic mass is 10.0. The van der Waals surface area contributed by atoms with Crippen molar-refractivity contribution in [2.24, 2.45) is 0 Å². The van der Waals surface area contributed by atoms with Crippen LogP contribution in [0.3, 0.4) is 0 Å². The fourth-order valence-corrected chi connectivity index (χ4v) is 4.20. The number of aryl methyl sites for hydroxylation is 1. The minimum atomic E-state index is -0.914. The number of benzene rings is 1. The van der Waals surface area contributed by atoms with E-state index in [0.29, 0.717) is 22.9 Å². The average Bonchev–Trinajstić information content (AvgIpc) is 2.85. The Hall–Kier alpha value is -2.74. The number of nitrogens with one attached hydrogen (secondary N) is 1. The molecule has 3 heterocycles. The second kappa shape index (κ2) is 6.53. The molecule has 2 aromatic heterocycles. The van der Waals surface area contributed by atoms with E-state index in [9.17, 15) is 13.6 Å². The van der Waals surface area contributed by atoms with E-state index in [4.69, 9.17) is 0 Å². The van der Waals surface area contributed by atoms with Gasteiger partial charge in [-0.1, -0.05) is 18.2 Å². The molecule has 0 saturated carbocycles. The monoisotopic (exact) mass is 372 g/mol. The Morgan fingerprint density at radius 1 is 1.23 bits per heavy atom. The molecule has 0 fully saturated rings. The molecule has 8 heteroatoms. The van der Waals surface area contributed by atoms with Gasteiger partial charge in [-0.2, -0.15) is 9.78 Å². The van der Waals surface area contributed by atoms with Gasteiger partial charge in [0, 0.05) is 17.3 Å². The lowest BCUT2D eigenvalue weighted by molar-refractivity contribution is -0.113. The number of carbonyl (C=O) groups is 1. The number of rotatable bonds is 2. The molecule has 0 radical (unpaired) electrons. The topological polar surface area (TPSA) is 59.8 Å². The molecule has 5 nitrogen and oxygen atoms in total. The van der Waals surface area contributed by atoms with E-state index in [2.05, 4.69) is 15.4 Å². The molecular formula is C18H14F2N4OS. The smallest absolute Gasteiger partial charge is 0.235 e. The summed E-state index contributed by atoms with van der Waals surface area (Å²) in [5.41, 5.74) is 1.46. The molecule has 26 heavy (non-hydrogen) atoms. The summed E-state index contributed by atoms with van der Waals surface area (Å²) in [6, 6.07) is 9.42. The first-order valence-corrected chi connectivity index (χ1v) is 8.97. The van der Waals surface area contributed by atoms with Crippen LogP contribution in [0.1, 0.15) is 22.1 Å². The molecule has 1 aromatic carbocycles. The van der Waals surface area contributed by atoms with Crippen molar-refractivity contribution in [1.82, 2.24) is 14.8 Å². The van der Waals surface area contributed by atoms with Gasteiger partial charge in [0.1, 0.15) is 5.82 Å². The number of anilines is 1. The Morgan fingerprint density at radius 2 is 2.08 bits per heavy atom. The molecule has 132 valence electrons. The van der Waals surface area contributed by atoms with Crippen LogP contribution in [-0.2, 0) is 4.79 Å². The van der Waals surface area contributed by atoms with Crippen molar-refractivity contribution in [2.75, 3.05) is 11.1 Å². The summed E-state index contributed by atoms with van der Waals surface area (Å²) in [4.78, 5) is 16.5. The maximum Gasteiger partial charge on any atom is 0.235 e. The van der Waals surface area contributed by atoms with E-state index < -0.39 is 16.9 Å². The minimum absolute atomic E-state index is 0.122. The Labute approximate surface area is 152 Å². The predicted molar refractivity (Wildman–Crippen MR) is 95.4 cm³/mol. The van der Waals surface area contributed by atoms with Gasteiger partial charge in [-0.05, 0) is 25.1 Å². The highest BCUT2D eigenvalue weighted by molar-refractivity contribution is 8.00. The summed E-state index contributed by atoms with van der Waals surface area (Å²) >= 11 is 1.24. The predicted octanol–water partition coefficient (Wildman–Crippen LogP) is 3.63. The summed E-state index contributed by atoms with van der Waals surface area (Å²) in [5.74, 6) is -0.963. The highest BCUT2D eigenvalue weighted by Gasteiger charge is 2.32. The fourth-order valence-electron chi connectivity index (χ4n) is 3.00. The Morgan fingerprint density at radius 3 is 2.85 bits per heavy atom. The Bertz CT molecular complexity index is 990. The first kappa shape index (κ1) is 16.7. The van der Waals surface area contributed by atoms with Gasteiger partial charge < -0.3 is 5.32 Å². The second-order valence-electron chi connectivity index (χ2n) is 5.83. The largest absolute Gasteiger partial charge is 0.310 e. The van der Waals surface area contributed by atoms with Crippen molar-refractivity contribution in [3.05, 3.63) is 71.1 Å². The number of carbonyl (C=O) groups excluding carboxylic acids is 1. The molecule has 1 amide bonds. The number of aromatic nitrogens is 3. The van der Waals surface area contributed by atoms with Crippen molar-refractivity contribution in [2.45, 2.75) is 12.2 Å². The molecule has 0 spiro atoms. The third-order valence-electron chi connectivity index (χ3n) is 4.14. The molecule has 1 N–H and O–H groups in total. The first-order valence-electron chi connectivity index (χ1n) is 7.92. The fraction of sp³-hybridized carbons (Fsp3) is 0.167. The standard InChI is InChI=1S/C18H14F2N4OS/c1-10-15-17(11-5-4-6-12(19)16(11)20)26-9-14(25)22-18(15)24(23-10)13-7-2-3-8-21-13/h2-8,17H,9H2,1H3,(H,22,25)/t17-/m1/s1. The highest BCUT2D eigenvalue weighted by atomic mass is 32.2. The average molecular weight is 372 g/mol. The number of hydrogen-bond donors (Lipinski definition) is 1. The molecular weight excluding hydrogens is 358 g/mol. The van der Waals surface area contributed by atoms with Crippen LogP contribution in [-0.4, -0.2) is 26.4 Å². The number of nitrogens with zero attached hydrogens (tertiary/aromatic N) is 3. The lowest BCUT2D eigenvalue weighted by Gasteiger charge is -2.16. The highest BCUT2D eigenvalue weighted by Crippen LogP contribution is 2.44. The van der Waals surface area contributed by atoms with Crippen LogP contribution in [0.25, 0.3) is 5.82 Å². The molecule has 0 bridgehead atoms. The molecule has 0 unspecified atom stereocenters. The zero-order chi connectivity index (χ0) is 18.3. The van der Waals surface area contributed by atoms with Crippen LogP contribution >= 0.6 is 11.8 Å². The van der Waals surface area contributed by atoms with Crippen LogP contribution in [0, 0.1) is 18.6 Å². The van der Waals surface area contributed by atoms with Crippen molar-refractivity contribution in [3.63, 3.8) is 0 Å². The van der Waals surface area contributed by atoms with Crippen LogP contribution in [0.4, 0.5) is 14.6 Å². The van der Waals surface area contributed by atoms with Gasteiger partial charge in [0.2, 0.25) is 5.91 Å². The first-order chi connectivity index (χ1) is 12.6. The van der Waals surface area contributed by atoms with Gasteiger partial charge in [-0.3, -0.25) is 4.79 Å². The van der Waals surface area contributed by atoms with Crippen molar-refractivity contribution in [1.29, 1.82) is 0 Å². The van der Waals surface area contributed by atoms with Crippen LogP contribution in [0.2, 0.25) is 0 Å². The van der Waals surface area contributed by atoms with Gasteiger partial charge in [-0.15, -0.1) is 11.8 Å². The van der Waals surface area contributed by atoms with E-state index in [1.807, 2.05) is 6.07 Å². The van der Waals surface area contributed by atoms with E-state index in [1.54, 1.807) is 25.3 Å². The lowest BCUT2D eigenvalue weighted by Crippen LogP contribution is -2.16. The SMILES string of the molecule is Cc1nn(-c2ccccn2)c2c1[C@@H](c1cccc(F)c1F)SCC(=O)N2. The van der Waals surface area contributed by atoms with E-state index in [-0.39, 0.29) is 17.2 Å². The third kappa shape index (κ3) is 2.76. The number of amides is 1. The van der Waals surface area contributed by atoms with Gasteiger partial charge in [0.25, 0.3) is 0 Å². The summed E-state index contributed by atoms with van der Waals surface area (Å²) in [6.07, 6.45) is 1.62. The maximum atomic E-state index is 14.4. The van der Waals surface area contributed by atoms with Crippen molar-refractivity contribution in [3.8, 4) is 5.82 Å². The van der Waals surface area contributed by atoms with Gasteiger partial charge in [0.15, 0.2) is 17.5 Å². The van der Waals surface area contributed by atoms with E-state index in [1.165, 1.54) is 28.6 Å². The zero-order valence-corrected chi connectivity index (χ0v) is 14.6. The summed E-state index contributed by atoms with van der Waals surface area (Å²) < 4.78 is 29.7. The molecule has 0 saturated heterocycles. The van der Waals surface area contributed by atoms with Crippen LogP contribution in [0.5, 0.6) is 0 Å². The summed E-state index contributed by atoms with van der Waals surface area (Å²) in [7, 11) is 0. The van der Waals surface area contributed by atoms with E-state index in [0.717, 1.165) is 6.07 Å². The maximum absolute atomic E-state index is 14.4. The summed E-state index contributed by atoms with van der Waals surface area (Å²) in [6.45, 7) is 1.78. The number of fused-ring (bicyclic) bond motifs is 1. The van der Waals surface area contributed by atoms with Crippen LogP contribution in [0.15, 0.2) is 42.6 Å². The zero-order valence-electron chi connectivity index (χ0n) is 13.7. The Balaban J connectivity index is 1.93. The van der Waals surface area contributed by atoms with E-state index >= 15 is 0 Å². The molecule has 3 aromatic rings. The third-order valence-corrected chi connectivity index (χ3v) is 5.39. The van der Waals surface area contributed by atoms with Gasteiger partial charge >= 0.3 is 0 Å². The van der Waals surface area contributed by atoms with Gasteiger partial charge in [-0.25, -0.2) is 13.8 Å². The number of halogens is 2. The number of pyridine rings is 1. The van der Waals surface area contributed by atoms with Gasteiger partial charge in [0.05, 0.1) is 16.7 Å². The molecule has 1 aliphatic heterocycles. The quantitative estimate of drug-likeness (QED) is 0.746. The molecule has 0 aliphatic carbocycles. The van der Waals surface area contributed by atoms with Crippen molar-refractivity contribution < 1.29 is 13.6 Å². The molecule has 1 atom stereocenters. The minimum Gasteiger partial charge on any atom is -0.310 e.